The van der Waals surface area contributed by atoms with Crippen LogP contribution in [0.2, 0.25) is 5.15 Å². The number of carbonyl (C=O) groups is 1. The van der Waals surface area contributed by atoms with Crippen molar-refractivity contribution in [1.82, 2.24) is 10.2 Å². The number of halogens is 1. The van der Waals surface area contributed by atoms with Gasteiger partial charge >= 0.3 is 5.97 Å². The second kappa shape index (κ2) is 6.36. The van der Waals surface area contributed by atoms with Gasteiger partial charge in [-0.25, -0.2) is 0 Å². The Kier molecular flexibility index (Phi) is 4.75. The van der Waals surface area contributed by atoms with Crippen LogP contribution in [0.3, 0.4) is 0 Å². The molecule has 0 saturated heterocycles. The predicted octanol–water partition coefficient (Wildman–Crippen LogP) is 4.49. The average molecular weight is 380 g/mol. The van der Waals surface area contributed by atoms with Gasteiger partial charge in [-0.3, -0.25) is 4.79 Å². The molecule has 26 heavy (non-hydrogen) atoms. The Labute approximate surface area is 161 Å². The van der Waals surface area contributed by atoms with Gasteiger partial charge in [0.05, 0.1) is 5.92 Å². The van der Waals surface area contributed by atoms with E-state index in [1.807, 2.05) is 26.8 Å². The van der Waals surface area contributed by atoms with Crippen molar-refractivity contribution in [2.45, 2.75) is 71.9 Å². The van der Waals surface area contributed by atoms with Gasteiger partial charge in [-0.1, -0.05) is 25.4 Å². The normalized spacial score (nSPS) is 33.8. The topological polar surface area (TPSA) is 55.3 Å². The van der Waals surface area contributed by atoms with Crippen molar-refractivity contribution in [2.24, 2.45) is 16.7 Å². The Bertz CT molecular complexity index is 667. The van der Waals surface area contributed by atoms with E-state index in [9.17, 15) is 4.79 Å². The molecular weight excluding hydrogens is 350 g/mol. The van der Waals surface area contributed by atoms with Crippen molar-refractivity contribution < 1.29 is 9.53 Å². The molecule has 0 spiro atoms. The van der Waals surface area contributed by atoms with Crippen LogP contribution in [-0.2, 0) is 9.53 Å². The molecule has 3 rings (SSSR count). The van der Waals surface area contributed by atoms with Crippen molar-refractivity contribution in [3.8, 4) is 0 Å². The second-order valence-electron chi connectivity index (χ2n) is 9.66. The number of esters is 1. The maximum atomic E-state index is 13.0. The third kappa shape index (κ3) is 3.55. The van der Waals surface area contributed by atoms with Gasteiger partial charge in [0.15, 0.2) is 11.0 Å². The smallest absolute Gasteiger partial charge is 0.310 e. The Morgan fingerprint density at radius 1 is 1.19 bits per heavy atom. The third-order valence-corrected chi connectivity index (χ3v) is 6.44. The fourth-order valence-corrected chi connectivity index (χ4v) is 5.28. The molecule has 2 aliphatic carbocycles. The molecule has 5 nitrogen and oxygen atoms in total. The molecule has 2 fully saturated rings. The Balaban J connectivity index is 1.83. The largest absolute Gasteiger partial charge is 0.460 e. The highest BCUT2D eigenvalue weighted by molar-refractivity contribution is 6.29. The number of anilines is 1. The van der Waals surface area contributed by atoms with Crippen LogP contribution in [0.1, 0.15) is 60.3 Å². The van der Waals surface area contributed by atoms with Crippen molar-refractivity contribution in [2.75, 3.05) is 11.9 Å². The van der Waals surface area contributed by atoms with E-state index in [4.69, 9.17) is 16.3 Å². The van der Waals surface area contributed by atoms with Crippen LogP contribution in [0.25, 0.3) is 0 Å². The van der Waals surface area contributed by atoms with Gasteiger partial charge in [0.1, 0.15) is 5.60 Å². The number of aromatic nitrogens is 2. The summed E-state index contributed by atoms with van der Waals surface area (Å²) in [5.41, 5.74) is -0.544. The average Bonchev–Trinajstić information content (AvgIpc) is 2.67. The summed E-state index contributed by atoms with van der Waals surface area (Å²) in [4.78, 5) is 15.2. The highest BCUT2D eigenvalue weighted by Crippen LogP contribution is 2.63. The van der Waals surface area contributed by atoms with Crippen molar-refractivity contribution >= 4 is 23.4 Å². The fourth-order valence-electron chi connectivity index (χ4n) is 5.18. The molecule has 1 aromatic heterocycles. The van der Waals surface area contributed by atoms with Gasteiger partial charge in [0.2, 0.25) is 0 Å². The minimum absolute atomic E-state index is 0.0348. The van der Waals surface area contributed by atoms with E-state index in [0.717, 1.165) is 31.5 Å². The summed E-state index contributed by atoms with van der Waals surface area (Å²) in [7, 11) is 2.06. The van der Waals surface area contributed by atoms with Gasteiger partial charge in [-0.15, -0.1) is 10.2 Å². The predicted molar refractivity (Wildman–Crippen MR) is 103 cm³/mol. The molecule has 2 unspecified atom stereocenters. The zero-order valence-electron chi connectivity index (χ0n) is 16.7. The first-order valence-corrected chi connectivity index (χ1v) is 9.76. The standard InChI is InChI=1S/C20H30ClN3O2/c1-18(2,3)26-17(25)16-19(4)9-10-20(16,5)12-13(11-19)24(6)15-8-7-14(21)22-23-15/h7-8,13,16H,9-12H2,1-6H3/t13?,16?,19-,20+. The molecule has 0 aromatic carbocycles. The minimum atomic E-state index is -0.449. The van der Waals surface area contributed by atoms with Gasteiger partial charge < -0.3 is 9.64 Å². The lowest BCUT2D eigenvalue weighted by molar-refractivity contribution is -0.171. The summed E-state index contributed by atoms with van der Waals surface area (Å²) >= 11 is 5.87. The second-order valence-corrected chi connectivity index (χ2v) is 10.0. The molecule has 6 heteroatoms. The SMILES string of the molecule is CN(c1ccc(Cl)nn1)C1C[C@]2(C)CC[C@](C)(C1)C2C(=O)OC(C)(C)C. The van der Waals surface area contributed by atoms with Gasteiger partial charge in [0, 0.05) is 13.1 Å². The summed E-state index contributed by atoms with van der Waals surface area (Å²) in [6.07, 6.45) is 4.02. The molecule has 0 aliphatic heterocycles. The number of fused-ring (bicyclic) bond motifs is 2. The molecule has 2 saturated carbocycles. The van der Waals surface area contributed by atoms with E-state index in [0.29, 0.717) is 11.2 Å². The summed E-state index contributed by atoms with van der Waals surface area (Å²) < 4.78 is 5.79. The maximum absolute atomic E-state index is 13.0. The summed E-state index contributed by atoms with van der Waals surface area (Å²) in [6.45, 7) is 10.3. The van der Waals surface area contributed by atoms with Crippen LogP contribution < -0.4 is 4.90 Å². The first kappa shape index (κ1) is 19.4. The molecule has 2 bridgehead atoms. The summed E-state index contributed by atoms with van der Waals surface area (Å²) in [5.74, 6) is 0.740. The number of hydrogen-bond donors (Lipinski definition) is 0. The van der Waals surface area contributed by atoms with Crippen molar-refractivity contribution in [3.05, 3.63) is 17.3 Å². The van der Waals surface area contributed by atoms with Crippen molar-refractivity contribution in [3.63, 3.8) is 0 Å². The van der Waals surface area contributed by atoms with Gasteiger partial charge in [-0.05, 0) is 69.4 Å². The summed E-state index contributed by atoms with van der Waals surface area (Å²) in [5, 5.41) is 8.59. The van der Waals surface area contributed by atoms with E-state index >= 15 is 0 Å². The van der Waals surface area contributed by atoms with E-state index in [1.54, 1.807) is 6.07 Å². The van der Waals surface area contributed by atoms with Crippen LogP contribution in [-0.4, -0.2) is 34.9 Å². The lowest BCUT2D eigenvalue weighted by Crippen LogP contribution is -2.52. The van der Waals surface area contributed by atoms with Crippen LogP contribution in [0.15, 0.2) is 12.1 Å². The van der Waals surface area contributed by atoms with Crippen LogP contribution in [0.4, 0.5) is 5.82 Å². The Morgan fingerprint density at radius 3 is 2.23 bits per heavy atom. The molecular formula is C20H30ClN3O2. The minimum Gasteiger partial charge on any atom is -0.460 e. The Morgan fingerprint density at radius 2 is 1.77 bits per heavy atom. The van der Waals surface area contributed by atoms with E-state index < -0.39 is 5.60 Å². The lowest BCUT2D eigenvalue weighted by atomic mass is 9.60. The zero-order valence-corrected chi connectivity index (χ0v) is 17.4. The Hall–Kier alpha value is -1.36. The molecule has 0 amide bonds. The highest BCUT2D eigenvalue weighted by Gasteiger charge is 2.61. The number of rotatable bonds is 3. The molecule has 4 atom stereocenters. The summed E-state index contributed by atoms with van der Waals surface area (Å²) in [6, 6.07) is 3.99. The fraction of sp³-hybridized carbons (Fsp3) is 0.750. The van der Waals surface area contributed by atoms with Crippen LogP contribution in [0, 0.1) is 16.7 Å². The molecule has 2 aliphatic rings. The number of carbonyl (C=O) groups excluding carboxylic acids is 1. The van der Waals surface area contributed by atoms with Gasteiger partial charge in [-0.2, -0.15) is 0 Å². The first-order valence-electron chi connectivity index (χ1n) is 9.39. The first-order chi connectivity index (χ1) is 11.9. The molecule has 1 aromatic rings. The highest BCUT2D eigenvalue weighted by atomic mass is 35.5. The number of hydrogen-bond acceptors (Lipinski definition) is 5. The van der Waals surface area contributed by atoms with Gasteiger partial charge in [0.25, 0.3) is 0 Å². The quantitative estimate of drug-likeness (QED) is 0.724. The number of ether oxygens (including phenoxy) is 1. The molecule has 144 valence electrons. The van der Waals surface area contributed by atoms with E-state index in [2.05, 4.69) is 36.0 Å². The molecule has 0 N–H and O–H groups in total. The van der Waals surface area contributed by atoms with Crippen LogP contribution in [0.5, 0.6) is 0 Å². The van der Waals surface area contributed by atoms with E-state index in [-0.39, 0.29) is 22.7 Å². The monoisotopic (exact) mass is 379 g/mol. The third-order valence-electron chi connectivity index (χ3n) is 6.23. The number of nitrogens with zero attached hydrogens (tertiary/aromatic N) is 3. The molecule has 1 heterocycles. The zero-order chi connectivity index (χ0) is 19.3. The van der Waals surface area contributed by atoms with E-state index in [1.165, 1.54) is 0 Å². The van der Waals surface area contributed by atoms with Crippen LogP contribution >= 0.6 is 11.6 Å². The molecule has 0 radical (unpaired) electrons. The van der Waals surface area contributed by atoms with Crippen molar-refractivity contribution in [1.29, 1.82) is 0 Å². The lowest BCUT2D eigenvalue weighted by Gasteiger charge is -2.49. The maximum Gasteiger partial charge on any atom is 0.310 e.